The summed E-state index contributed by atoms with van der Waals surface area (Å²) in [6.45, 7) is 1.91. The summed E-state index contributed by atoms with van der Waals surface area (Å²) in [6.07, 6.45) is -0.161. The van der Waals surface area contributed by atoms with Crippen LogP contribution in [0, 0.1) is 18.6 Å². The van der Waals surface area contributed by atoms with Crippen LogP contribution in [0.4, 0.5) is 8.78 Å². The molecular formula is C15H11BrF2O. The molecule has 0 aliphatic carbocycles. The van der Waals surface area contributed by atoms with Gasteiger partial charge in [-0.05, 0) is 36.2 Å². The van der Waals surface area contributed by atoms with Crippen LogP contribution in [0.15, 0.2) is 40.9 Å². The Morgan fingerprint density at radius 2 is 1.95 bits per heavy atom. The van der Waals surface area contributed by atoms with E-state index in [-0.39, 0.29) is 17.8 Å². The van der Waals surface area contributed by atoms with Gasteiger partial charge in [0.25, 0.3) is 0 Å². The number of Topliss-reactive ketones (excluding diaryl/α,β-unsaturated/α-hetero) is 1. The summed E-state index contributed by atoms with van der Waals surface area (Å²) in [5.74, 6) is -2.15. The molecule has 0 radical (unpaired) electrons. The molecule has 0 spiro atoms. The Morgan fingerprint density at radius 3 is 2.63 bits per heavy atom. The second kappa shape index (κ2) is 5.61. The maximum Gasteiger partial charge on any atom is 0.168 e. The van der Waals surface area contributed by atoms with Gasteiger partial charge in [0.2, 0.25) is 0 Å². The third-order valence-corrected chi connectivity index (χ3v) is 3.46. The first kappa shape index (κ1) is 13.9. The summed E-state index contributed by atoms with van der Waals surface area (Å²) >= 11 is 3.31. The van der Waals surface area contributed by atoms with Crippen molar-refractivity contribution in [3.05, 3.63) is 69.2 Å². The highest BCUT2D eigenvalue weighted by molar-refractivity contribution is 9.10. The van der Waals surface area contributed by atoms with Crippen molar-refractivity contribution in [1.82, 2.24) is 0 Å². The molecule has 0 N–H and O–H groups in total. The Labute approximate surface area is 118 Å². The van der Waals surface area contributed by atoms with Crippen molar-refractivity contribution in [1.29, 1.82) is 0 Å². The molecule has 2 aromatic carbocycles. The van der Waals surface area contributed by atoms with Gasteiger partial charge in [-0.1, -0.05) is 34.1 Å². The zero-order valence-corrected chi connectivity index (χ0v) is 11.8. The molecule has 4 heteroatoms. The molecule has 0 bridgehead atoms. The van der Waals surface area contributed by atoms with Gasteiger partial charge in [-0.25, -0.2) is 8.78 Å². The largest absolute Gasteiger partial charge is 0.294 e. The lowest BCUT2D eigenvalue weighted by Crippen LogP contribution is -2.07. The van der Waals surface area contributed by atoms with Gasteiger partial charge >= 0.3 is 0 Å². The highest BCUT2D eigenvalue weighted by atomic mass is 79.9. The molecule has 0 aliphatic heterocycles. The lowest BCUT2D eigenvalue weighted by atomic mass is 10.0. The quantitative estimate of drug-likeness (QED) is 0.762. The van der Waals surface area contributed by atoms with Gasteiger partial charge in [0.1, 0.15) is 0 Å². The van der Waals surface area contributed by atoms with Gasteiger partial charge in [0.15, 0.2) is 17.4 Å². The summed E-state index contributed by atoms with van der Waals surface area (Å²) in [6, 6.07) is 9.14. The molecule has 2 rings (SSSR count). The highest BCUT2D eigenvalue weighted by Gasteiger charge is 2.15. The van der Waals surface area contributed by atoms with Crippen molar-refractivity contribution < 1.29 is 13.6 Å². The van der Waals surface area contributed by atoms with E-state index in [9.17, 15) is 13.6 Å². The van der Waals surface area contributed by atoms with Crippen LogP contribution in [0.2, 0.25) is 0 Å². The molecule has 0 saturated carbocycles. The Balaban J connectivity index is 2.28. The molecule has 1 nitrogen and oxygen atoms in total. The van der Waals surface area contributed by atoms with Gasteiger partial charge in [0.05, 0.1) is 0 Å². The van der Waals surface area contributed by atoms with Crippen molar-refractivity contribution in [2.45, 2.75) is 13.3 Å². The average molecular weight is 325 g/mol. The van der Waals surface area contributed by atoms with Crippen LogP contribution in [-0.2, 0) is 6.42 Å². The van der Waals surface area contributed by atoms with Crippen LogP contribution in [-0.4, -0.2) is 5.78 Å². The Hall–Kier alpha value is -1.55. The van der Waals surface area contributed by atoms with Crippen molar-refractivity contribution in [2.24, 2.45) is 0 Å². The van der Waals surface area contributed by atoms with E-state index in [2.05, 4.69) is 15.9 Å². The Morgan fingerprint density at radius 1 is 1.21 bits per heavy atom. The third kappa shape index (κ3) is 3.07. The molecule has 0 amide bonds. The SMILES string of the molecule is Cc1ccc(C(=O)Cc2cccc(F)c2F)c(Br)c1. The topological polar surface area (TPSA) is 17.1 Å². The van der Waals surface area contributed by atoms with E-state index in [0.717, 1.165) is 11.6 Å². The number of aryl methyl sites for hydroxylation is 1. The van der Waals surface area contributed by atoms with E-state index in [1.165, 1.54) is 12.1 Å². The summed E-state index contributed by atoms with van der Waals surface area (Å²) < 4.78 is 27.2. The van der Waals surface area contributed by atoms with Crippen LogP contribution in [0.1, 0.15) is 21.5 Å². The molecule has 0 saturated heterocycles. The molecule has 0 aliphatic rings. The van der Waals surface area contributed by atoms with E-state index >= 15 is 0 Å². The van der Waals surface area contributed by atoms with Crippen LogP contribution in [0.25, 0.3) is 0 Å². The highest BCUT2D eigenvalue weighted by Crippen LogP contribution is 2.21. The van der Waals surface area contributed by atoms with Crippen LogP contribution in [0.3, 0.4) is 0 Å². The predicted molar refractivity (Wildman–Crippen MR) is 73.3 cm³/mol. The number of hydrogen-bond acceptors (Lipinski definition) is 1. The first-order valence-corrected chi connectivity index (χ1v) is 6.50. The van der Waals surface area contributed by atoms with E-state index in [4.69, 9.17) is 0 Å². The molecule has 0 fully saturated rings. The average Bonchev–Trinajstić information content (AvgIpc) is 2.34. The minimum absolute atomic E-state index is 0.0671. The standard InChI is InChI=1S/C15H11BrF2O/c1-9-5-6-11(12(16)7-9)14(19)8-10-3-2-4-13(17)15(10)18/h2-7H,8H2,1H3. The second-order valence-electron chi connectivity index (χ2n) is 4.30. The lowest BCUT2D eigenvalue weighted by Gasteiger charge is -2.06. The molecule has 98 valence electrons. The van der Waals surface area contributed by atoms with E-state index in [0.29, 0.717) is 10.0 Å². The van der Waals surface area contributed by atoms with E-state index < -0.39 is 11.6 Å². The number of ketones is 1. The van der Waals surface area contributed by atoms with Crippen LogP contribution < -0.4 is 0 Å². The zero-order chi connectivity index (χ0) is 14.0. The summed E-state index contributed by atoms with van der Waals surface area (Å²) in [7, 11) is 0. The molecule has 0 aromatic heterocycles. The minimum atomic E-state index is -0.959. The van der Waals surface area contributed by atoms with Crippen LogP contribution >= 0.6 is 15.9 Å². The monoisotopic (exact) mass is 324 g/mol. The van der Waals surface area contributed by atoms with Gasteiger partial charge in [-0.15, -0.1) is 0 Å². The molecule has 0 heterocycles. The number of carbonyl (C=O) groups excluding carboxylic acids is 1. The first-order valence-electron chi connectivity index (χ1n) is 5.71. The fourth-order valence-electron chi connectivity index (χ4n) is 1.80. The summed E-state index contributed by atoms with van der Waals surface area (Å²) in [5.41, 5.74) is 1.55. The molecule has 0 unspecified atom stereocenters. The number of halogens is 3. The lowest BCUT2D eigenvalue weighted by molar-refractivity contribution is 0.0991. The van der Waals surface area contributed by atoms with Crippen LogP contribution in [0.5, 0.6) is 0 Å². The number of benzene rings is 2. The third-order valence-electron chi connectivity index (χ3n) is 2.81. The molecule has 0 atom stereocenters. The first-order chi connectivity index (χ1) is 8.99. The van der Waals surface area contributed by atoms with Crippen molar-refractivity contribution in [3.63, 3.8) is 0 Å². The smallest absolute Gasteiger partial charge is 0.168 e. The summed E-state index contributed by atoms with van der Waals surface area (Å²) in [4.78, 5) is 12.1. The van der Waals surface area contributed by atoms with Crippen molar-refractivity contribution in [3.8, 4) is 0 Å². The molecular weight excluding hydrogens is 314 g/mol. The van der Waals surface area contributed by atoms with Gasteiger partial charge in [-0.2, -0.15) is 0 Å². The molecule has 2 aromatic rings. The normalized spacial score (nSPS) is 10.5. The fourth-order valence-corrected chi connectivity index (χ4v) is 2.51. The zero-order valence-electron chi connectivity index (χ0n) is 10.2. The van der Waals surface area contributed by atoms with Gasteiger partial charge < -0.3 is 0 Å². The molecule has 19 heavy (non-hydrogen) atoms. The number of rotatable bonds is 3. The Kier molecular flexibility index (Phi) is 4.10. The number of hydrogen-bond donors (Lipinski definition) is 0. The minimum Gasteiger partial charge on any atom is -0.294 e. The maximum atomic E-state index is 13.5. The van der Waals surface area contributed by atoms with Gasteiger partial charge in [0, 0.05) is 16.5 Å². The fraction of sp³-hybridized carbons (Fsp3) is 0.133. The summed E-state index contributed by atoms with van der Waals surface area (Å²) in [5, 5.41) is 0. The second-order valence-corrected chi connectivity index (χ2v) is 5.15. The van der Waals surface area contributed by atoms with Crippen molar-refractivity contribution in [2.75, 3.05) is 0 Å². The number of carbonyl (C=O) groups is 1. The predicted octanol–water partition coefficient (Wildman–Crippen LogP) is 4.46. The van der Waals surface area contributed by atoms with Crippen molar-refractivity contribution >= 4 is 21.7 Å². The van der Waals surface area contributed by atoms with E-state index in [1.807, 2.05) is 13.0 Å². The van der Waals surface area contributed by atoms with E-state index in [1.54, 1.807) is 12.1 Å². The maximum absolute atomic E-state index is 13.5. The Bertz CT molecular complexity index is 638. The van der Waals surface area contributed by atoms with Gasteiger partial charge in [-0.3, -0.25) is 4.79 Å².